The number of rotatable bonds is 7. The Labute approximate surface area is 195 Å². The number of para-hydroxylation sites is 1. The zero-order valence-corrected chi connectivity index (χ0v) is 18.7. The van der Waals surface area contributed by atoms with Crippen LogP contribution in [0.4, 0.5) is 10.1 Å². The number of nitro benzene ring substituents is 1. The fraction of sp³-hybridized carbons (Fsp3) is 0.240. The van der Waals surface area contributed by atoms with Gasteiger partial charge in [0.1, 0.15) is 23.7 Å². The first-order valence-corrected chi connectivity index (χ1v) is 10.6. The normalized spacial score (nSPS) is 14.8. The van der Waals surface area contributed by atoms with Gasteiger partial charge in [0.15, 0.2) is 11.5 Å². The van der Waals surface area contributed by atoms with Crippen LogP contribution in [0.15, 0.2) is 60.7 Å². The van der Waals surface area contributed by atoms with Crippen LogP contribution in [0.25, 0.3) is 0 Å². The van der Waals surface area contributed by atoms with E-state index >= 15 is 0 Å². The summed E-state index contributed by atoms with van der Waals surface area (Å²) in [6.07, 6.45) is 0.523. The molecule has 3 aromatic carbocycles. The van der Waals surface area contributed by atoms with Crippen LogP contribution in [0.1, 0.15) is 27.5 Å². The summed E-state index contributed by atoms with van der Waals surface area (Å²) in [6, 6.07) is 14.5. The molecule has 3 aromatic rings. The smallest absolute Gasteiger partial charge is 0.282 e. The summed E-state index contributed by atoms with van der Waals surface area (Å²) in [5, 5.41) is 11.5. The summed E-state index contributed by atoms with van der Waals surface area (Å²) in [4.78, 5) is 26.1. The van der Waals surface area contributed by atoms with Crippen LogP contribution < -0.4 is 14.2 Å². The summed E-state index contributed by atoms with van der Waals surface area (Å²) in [7, 11) is 3.07. The molecule has 1 atom stereocenters. The highest BCUT2D eigenvalue weighted by molar-refractivity contribution is 5.98. The first-order valence-electron chi connectivity index (χ1n) is 10.6. The fourth-order valence-electron chi connectivity index (χ4n) is 4.13. The highest BCUT2D eigenvalue weighted by atomic mass is 19.1. The number of benzene rings is 3. The van der Waals surface area contributed by atoms with E-state index in [0.717, 1.165) is 11.1 Å². The summed E-state index contributed by atoms with van der Waals surface area (Å²) < 4.78 is 30.1. The lowest BCUT2D eigenvalue weighted by Crippen LogP contribution is -2.42. The average molecular weight is 466 g/mol. The molecule has 1 aliphatic rings. The van der Waals surface area contributed by atoms with Gasteiger partial charge in [-0.1, -0.05) is 12.1 Å². The van der Waals surface area contributed by atoms with Crippen molar-refractivity contribution < 1.29 is 28.3 Å². The van der Waals surface area contributed by atoms with Gasteiger partial charge in [-0.25, -0.2) is 4.39 Å². The van der Waals surface area contributed by atoms with Gasteiger partial charge in [0.2, 0.25) is 0 Å². The molecule has 4 rings (SSSR count). The first-order chi connectivity index (χ1) is 16.4. The largest absolute Gasteiger partial charge is 0.493 e. The number of ether oxygens (including phenoxy) is 3. The molecule has 34 heavy (non-hydrogen) atoms. The van der Waals surface area contributed by atoms with Crippen molar-refractivity contribution in [1.29, 1.82) is 0 Å². The van der Waals surface area contributed by atoms with Gasteiger partial charge in [-0.2, -0.15) is 0 Å². The van der Waals surface area contributed by atoms with Crippen molar-refractivity contribution in [3.05, 3.63) is 93.3 Å². The van der Waals surface area contributed by atoms with Crippen LogP contribution in [0.3, 0.4) is 0 Å². The third-order valence-electron chi connectivity index (χ3n) is 5.82. The molecule has 1 heterocycles. The van der Waals surface area contributed by atoms with E-state index in [4.69, 9.17) is 14.2 Å². The van der Waals surface area contributed by atoms with Crippen LogP contribution >= 0.6 is 0 Å². The summed E-state index contributed by atoms with van der Waals surface area (Å²) in [5.74, 6) is 0.638. The van der Waals surface area contributed by atoms with Crippen LogP contribution in [0.5, 0.6) is 17.2 Å². The van der Waals surface area contributed by atoms with Gasteiger partial charge >= 0.3 is 0 Å². The first kappa shape index (κ1) is 23.0. The molecule has 0 radical (unpaired) electrons. The van der Waals surface area contributed by atoms with E-state index in [9.17, 15) is 19.3 Å². The Morgan fingerprint density at radius 1 is 1.09 bits per heavy atom. The van der Waals surface area contributed by atoms with Gasteiger partial charge in [-0.15, -0.1) is 0 Å². The predicted octanol–water partition coefficient (Wildman–Crippen LogP) is 4.57. The molecule has 1 unspecified atom stereocenters. The van der Waals surface area contributed by atoms with Gasteiger partial charge in [0, 0.05) is 12.6 Å². The van der Waals surface area contributed by atoms with E-state index in [1.807, 2.05) is 6.07 Å². The van der Waals surface area contributed by atoms with Crippen molar-refractivity contribution in [3.63, 3.8) is 0 Å². The third-order valence-corrected chi connectivity index (χ3v) is 5.82. The Morgan fingerprint density at radius 2 is 1.76 bits per heavy atom. The van der Waals surface area contributed by atoms with Gasteiger partial charge in [0.25, 0.3) is 11.6 Å². The zero-order valence-electron chi connectivity index (χ0n) is 18.7. The topological polar surface area (TPSA) is 91.1 Å². The SMILES string of the molecule is COc1cc2c(cc1OC)C(COc1ccc(F)cc1)N(C(=O)c1ccccc1[N+](=O)[O-])CC2. The summed E-state index contributed by atoms with van der Waals surface area (Å²) >= 11 is 0. The van der Waals surface area contributed by atoms with Crippen LogP contribution in [-0.4, -0.2) is 43.1 Å². The zero-order chi connectivity index (χ0) is 24.2. The van der Waals surface area contributed by atoms with Crippen molar-refractivity contribution in [1.82, 2.24) is 4.90 Å². The second-order valence-electron chi connectivity index (χ2n) is 7.71. The molecule has 1 amide bonds. The highest BCUT2D eigenvalue weighted by Gasteiger charge is 2.35. The molecule has 1 aliphatic heterocycles. The lowest BCUT2D eigenvalue weighted by atomic mass is 9.91. The van der Waals surface area contributed by atoms with E-state index in [2.05, 4.69) is 0 Å². The minimum Gasteiger partial charge on any atom is -0.493 e. The lowest BCUT2D eigenvalue weighted by molar-refractivity contribution is -0.385. The minimum absolute atomic E-state index is 0.00297. The number of fused-ring (bicyclic) bond motifs is 1. The van der Waals surface area contributed by atoms with E-state index in [1.165, 1.54) is 49.6 Å². The number of nitro groups is 1. The minimum atomic E-state index is -0.569. The van der Waals surface area contributed by atoms with E-state index in [1.54, 1.807) is 24.1 Å². The van der Waals surface area contributed by atoms with E-state index in [-0.39, 0.29) is 23.7 Å². The summed E-state index contributed by atoms with van der Waals surface area (Å²) in [5.41, 5.74) is 1.49. The molecule has 0 saturated carbocycles. The Kier molecular flexibility index (Phi) is 6.62. The molecule has 0 fully saturated rings. The number of hydrogen-bond donors (Lipinski definition) is 0. The second kappa shape index (κ2) is 9.78. The molecule has 0 N–H and O–H groups in total. The molecule has 0 spiro atoms. The van der Waals surface area contributed by atoms with Crippen LogP contribution in [-0.2, 0) is 6.42 Å². The maximum Gasteiger partial charge on any atom is 0.282 e. The third kappa shape index (κ3) is 4.50. The van der Waals surface area contributed by atoms with E-state index in [0.29, 0.717) is 30.2 Å². The van der Waals surface area contributed by atoms with E-state index < -0.39 is 16.9 Å². The quantitative estimate of drug-likeness (QED) is 0.374. The molecule has 0 bridgehead atoms. The molecule has 9 heteroatoms. The number of hydrogen-bond acceptors (Lipinski definition) is 6. The van der Waals surface area contributed by atoms with Crippen molar-refractivity contribution in [2.45, 2.75) is 12.5 Å². The van der Waals surface area contributed by atoms with Crippen LogP contribution in [0, 0.1) is 15.9 Å². The van der Waals surface area contributed by atoms with Gasteiger partial charge < -0.3 is 19.1 Å². The fourth-order valence-corrected chi connectivity index (χ4v) is 4.13. The Morgan fingerprint density at radius 3 is 2.44 bits per heavy atom. The highest BCUT2D eigenvalue weighted by Crippen LogP contribution is 2.39. The Balaban J connectivity index is 1.74. The molecular weight excluding hydrogens is 443 g/mol. The number of amides is 1. The van der Waals surface area contributed by atoms with Gasteiger partial charge in [0.05, 0.1) is 25.2 Å². The monoisotopic (exact) mass is 466 g/mol. The Hall–Kier alpha value is -4.14. The molecule has 176 valence electrons. The lowest BCUT2D eigenvalue weighted by Gasteiger charge is -2.37. The van der Waals surface area contributed by atoms with Crippen LogP contribution in [0.2, 0.25) is 0 Å². The number of carbonyl (C=O) groups is 1. The van der Waals surface area contributed by atoms with Gasteiger partial charge in [-0.05, 0) is 60.0 Å². The average Bonchev–Trinajstić information content (AvgIpc) is 2.86. The number of halogens is 1. The molecule has 0 aromatic heterocycles. The Bertz CT molecular complexity index is 1210. The maximum absolute atomic E-state index is 13.5. The second-order valence-corrected chi connectivity index (χ2v) is 7.71. The molecule has 0 saturated heterocycles. The predicted molar refractivity (Wildman–Crippen MR) is 122 cm³/mol. The molecular formula is C25H23FN2O6. The van der Waals surface area contributed by atoms with Crippen molar-refractivity contribution >= 4 is 11.6 Å². The maximum atomic E-state index is 13.5. The number of nitrogens with zero attached hydrogens (tertiary/aromatic N) is 2. The molecule has 0 aliphatic carbocycles. The number of carbonyl (C=O) groups excluding carboxylic acids is 1. The van der Waals surface area contributed by atoms with Gasteiger partial charge in [-0.3, -0.25) is 14.9 Å². The number of methoxy groups -OCH3 is 2. The van der Waals surface area contributed by atoms with Crippen molar-refractivity contribution in [2.75, 3.05) is 27.4 Å². The molecule has 8 nitrogen and oxygen atoms in total. The van der Waals surface area contributed by atoms with Crippen molar-refractivity contribution in [3.8, 4) is 17.2 Å². The summed E-state index contributed by atoms with van der Waals surface area (Å²) in [6.45, 7) is 0.380. The standard InChI is InChI=1S/C25H23FN2O6/c1-32-23-13-16-11-12-27(25(29)19-5-3-4-6-21(19)28(30)31)22(20(16)14-24(23)33-2)15-34-18-9-7-17(26)8-10-18/h3-10,13-14,22H,11-12,15H2,1-2H3. The van der Waals surface area contributed by atoms with Crippen molar-refractivity contribution in [2.24, 2.45) is 0 Å².